The van der Waals surface area contributed by atoms with Crippen LogP contribution in [0.5, 0.6) is 5.75 Å². The van der Waals surface area contributed by atoms with Crippen LogP contribution in [0.15, 0.2) is 12.1 Å². The average Bonchev–Trinajstić information content (AvgIpc) is 2.01. The van der Waals surface area contributed by atoms with Gasteiger partial charge in [-0.15, -0.1) is 0 Å². The monoisotopic (exact) mass is 201 g/mol. The Morgan fingerprint density at radius 3 is 2.21 bits per heavy atom. The normalized spacial score (nSPS) is 10.6. The number of benzene rings is 1. The van der Waals surface area contributed by atoms with Gasteiger partial charge in [0.1, 0.15) is 0 Å². The highest BCUT2D eigenvalue weighted by atomic mass is 19.1. The van der Waals surface area contributed by atoms with E-state index in [4.69, 9.17) is 10.5 Å². The van der Waals surface area contributed by atoms with E-state index < -0.39 is 11.6 Å². The van der Waals surface area contributed by atoms with Crippen molar-refractivity contribution in [1.29, 1.82) is 0 Å². The first-order valence-corrected chi connectivity index (χ1v) is 4.38. The third-order valence-electron chi connectivity index (χ3n) is 1.58. The highest BCUT2D eigenvalue weighted by Crippen LogP contribution is 2.24. The molecule has 1 aromatic rings. The molecule has 0 saturated carbocycles. The van der Waals surface area contributed by atoms with Gasteiger partial charge in [0.05, 0.1) is 6.61 Å². The second-order valence-electron chi connectivity index (χ2n) is 3.52. The lowest BCUT2D eigenvalue weighted by Crippen LogP contribution is -2.07. The molecule has 0 aliphatic rings. The Labute approximate surface area is 81.7 Å². The van der Waals surface area contributed by atoms with Crippen LogP contribution in [0.1, 0.15) is 13.8 Å². The molecule has 0 saturated heterocycles. The van der Waals surface area contributed by atoms with Crippen LogP contribution >= 0.6 is 0 Å². The number of nitrogens with two attached hydrogens (primary N) is 1. The Bertz CT molecular complexity index is 303. The summed E-state index contributed by atoms with van der Waals surface area (Å²) in [5, 5.41) is 0. The topological polar surface area (TPSA) is 35.2 Å². The van der Waals surface area contributed by atoms with Crippen LogP contribution in [0.4, 0.5) is 14.5 Å². The molecule has 0 bridgehead atoms. The minimum Gasteiger partial charge on any atom is -0.487 e. The lowest BCUT2D eigenvalue weighted by atomic mass is 10.2. The molecule has 0 radical (unpaired) electrons. The van der Waals surface area contributed by atoms with Gasteiger partial charge in [0.25, 0.3) is 0 Å². The van der Waals surface area contributed by atoms with Crippen LogP contribution < -0.4 is 10.5 Å². The van der Waals surface area contributed by atoms with Crippen LogP contribution in [-0.2, 0) is 0 Å². The van der Waals surface area contributed by atoms with Crippen LogP contribution in [0.3, 0.4) is 0 Å². The van der Waals surface area contributed by atoms with E-state index in [0.717, 1.165) is 12.1 Å². The maximum atomic E-state index is 13.1. The molecule has 14 heavy (non-hydrogen) atoms. The van der Waals surface area contributed by atoms with Crippen molar-refractivity contribution in [3.63, 3.8) is 0 Å². The first-order chi connectivity index (χ1) is 6.50. The van der Waals surface area contributed by atoms with Gasteiger partial charge in [-0.1, -0.05) is 13.8 Å². The van der Waals surface area contributed by atoms with Crippen molar-refractivity contribution in [2.75, 3.05) is 12.3 Å². The van der Waals surface area contributed by atoms with Crippen LogP contribution in [-0.4, -0.2) is 6.61 Å². The Balaban J connectivity index is 2.86. The third kappa shape index (κ3) is 2.58. The summed E-state index contributed by atoms with van der Waals surface area (Å²) in [4.78, 5) is 0. The van der Waals surface area contributed by atoms with Crippen LogP contribution in [0, 0.1) is 17.6 Å². The van der Waals surface area contributed by atoms with Gasteiger partial charge in [-0.25, -0.2) is 8.78 Å². The number of nitrogen functional groups attached to an aromatic ring is 1. The lowest BCUT2D eigenvalue weighted by Gasteiger charge is -2.10. The van der Waals surface area contributed by atoms with Gasteiger partial charge >= 0.3 is 0 Å². The molecular formula is C10H13F2NO. The molecule has 2 nitrogen and oxygen atoms in total. The molecular weight excluding hydrogens is 188 g/mol. The molecule has 4 heteroatoms. The molecule has 0 amide bonds. The highest BCUT2D eigenvalue weighted by molar-refractivity contribution is 5.44. The van der Waals surface area contributed by atoms with E-state index in [9.17, 15) is 8.78 Å². The van der Waals surface area contributed by atoms with Gasteiger partial charge in [-0.05, 0) is 5.92 Å². The highest BCUT2D eigenvalue weighted by Gasteiger charge is 2.11. The zero-order chi connectivity index (χ0) is 10.7. The smallest absolute Gasteiger partial charge is 0.190 e. The van der Waals surface area contributed by atoms with Crippen LogP contribution in [0.2, 0.25) is 0 Å². The molecule has 0 heterocycles. The van der Waals surface area contributed by atoms with Crippen molar-refractivity contribution < 1.29 is 13.5 Å². The molecule has 0 aliphatic carbocycles. The zero-order valence-corrected chi connectivity index (χ0v) is 8.18. The number of halogens is 2. The van der Waals surface area contributed by atoms with Crippen molar-refractivity contribution in [1.82, 2.24) is 0 Å². The van der Waals surface area contributed by atoms with Crippen molar-refractivity contribution in [3.05, 3.63) is 23.8 Å². The molecule has 2 N–H and O–H groups in total. The van der Waals surface area contributed by atoms with Gasteiger partial charge in [-0.2, -0.15) is 0 Å². The second-order valence-corrected chi connectivity index (χ2v) is 3.52. The summed E-state index contributed by atoms with van der Waals surface area (Å²) in [7, 11) is 0. The van der Waals surface area contributed by atoms with Gasteiger partial charge in [0.2, 0.25) is 0 Å². The lowest BCUT2D eigenvalue weighted by molar-refractivity contribution is 0.247. The van der Waals surface area contributed by atoms with E-state index in [1.54, 1.807) is 0 Å². The van der Waals surface area contributed by atoms with Gasteiger partial charge in [-0.3, -0.25) is 0 Å². The molecule has 0 atom stereocenters. The fraction of sp³-hybridized carbons (Fsp3) is 0.400. The molecule has 1 aromatic carbocycles. The molecule has 0 fully saturated rings. The van der Waals surface area contributed by atoms with Gasteiger partial charge in [0, 0.05) is 17.8 Å². The maximum absolute atomic E-state index is 13.1. The first kappa shape index (κ1) is 10.8. The van der Waals surface area contributed by atoms with E-state index >= 15 is 0 Å². The van der Waals surface area contributed by atoms with Gasteiger partial charge in [0.15, 0.2) is 17.4 Å². The number of rotatable bonds is 3. The molecule has 0 spiro atoms. The van der Waals surface area contributed by atoms with Crippen LogP contribution in [0.25, 0.3) is 0 Å². The summed E-state index contributed by atoms with van der Waals surface area (Å²) in [5.74, 6) is -1.66. The summed E-state index contributed by atoms with van der Waals surface area (Å²) < 4.78 is 31.2. The minimum atomic E-state index is -0.761. The first-order valence-electron chi connectivity index (χ1n) is 4.38. The Kier molecular flexibility index (Phi) is 3.28. The molecule has 1 rings (SSSR count). The second kappa shape index (κ2) is 4.26. The van der Waals surface area contributed by atoms with Crippen molar-refractivity contribution in [2.45, 2.75) is 13.8 Å². The third-order valence-corrected chi connectivity index (χ3v) is 1.58. The summed E-state index contributed by atoms with van der Waals surface area (Å²) in [6.45, 7) is 4.07. The Morgan fingerprint density at radius 2 is 1.79 bits per heavy atom. The Morgan fingerprint density at radius 1 is 1.29 bits per heavy atom. The Hall–Kier alpha value is -1.32. The van der Waals surface area contributed by atoms with E-state index in [1.165, 1.54) is 0 Å². The minimum absolute atomic E-state index is 0.0527. The van der Waals surface area contributed by atoms with E-state index in [2.05, 4.69) is 0 Å². The zero-order valence-electron chi connectivity index (χ0n) is 8.18. The molecule has 0 aromatic heterocycles. The predicted molar refractivity (Wildman–Crippen MR) is 51.1 cm³/mol. The van der Waals surface area contributed by atoms with E-state index in [0.29, 0.717) is 0 Å². The number of ether oxygens (including phenoxy) is 1. The molecule has 0 unspecified atom stereocenters. The quantitative estimate of drug-likeness (QED) is 0.763. The SMILES string of the molecule is CC(C)COc1c(F)cc(N)cc1F. The number of anilines is 1. The van der Waals surface area contributed by atoms with Crippen molar-refractivity contribution in [2.24, 2.45) is 5.92 Å². The standard InChI is InChI=1S/C10H13F2NO/c1-6(2)5-14-10-8(11)3-7(13)4-9(10)12/h3-4,6H,5,13H2,1-2H3. The summed E-state index contributed by atoms with van der Waals surface area (Å²) >= 11 is 0. The molecule has 0 aliphatic heterocycles. The largest absolute Gasteiger partial charge is 0.487 e. The van der Waals surface area contributed by atoms with Crippen molar-refractivity contribution >= 4 is 5.69 Å². The van der Waals surface area contributed by atoms with E-state index in [1.807, 2.05) is 13.8 Å². The fourth-order valence-electron chi connectivity index (χ4n) is 0.967. The summed E-state index contributed by atoms with van der Waals surface area (Å²) in [5.41, 5.74) is 5.30. The van der Waals surface area contributed by atoms with Gasteiger partial charge < -0.3 is 10.5 Å². The van der Waals surface area contributed by atoms with Crippen molar-refractivity contribution in [3.8, 4) is 5.75 Å². The summed E-state index contributed by atoms with van der Waals surface area (Å²) in [6, 6.07) is 2.08. The number of hydrogen-bond acceptors (Lipinski definition) is 2. The average molecular weight is 201 g/mol. The maximum Gasteiger partial charge on any atom is 0.190 e. The summed E-state index contributed by atoms with van der Waals surface area (Å²) in [6.07, 6.45) is 0. The number of hydrogen-bond donors (Lipinski definition) is 1. The van der Waals surface area contributed by atoms with E-state index in [-0.39, 0.29) is 24.0 Å². The predicted octanol–water partition coefficient (Wildman–Crippen LogP) is 2.58. The molecule has 78 valence electrons. The fourth-order valence-corrected chi connectivity index (χ4v) is 0.967.